The van der Waals surface area contributed by atoms with E-state index in [1.807, 2.05) is 84.9 Å². The average Bonchev–Trinajstić information content (AvgIpc) is 2.58. The molecule has 22 heavy (non-hydrogen) atoms. The zero-order valence-electron chi connectivity index (χ0n) is 12.1. The predicted octanol–water partition coefficient (Wildman–Crippen LogP) is 4.47. The van der Waals surface area contributed by atoms with E-state index in [9.17, 15) is 0 Å². The number of hydrogen-bond acceptors (Lipinski definition) is 2. The van der Waals surface area contributed by atoms with Gasteiger partial charge < -0.3 is 11.1 Å². The quantitative estimate of drug-likeness (QED) is 0.549. The van der Waals surface area contributed by atoms with E-state index in [1.165, 1.54) is 0 Å². The number of aliphatic imine (C=N–C) groups is 1. The molecule has 0 spiro atoms. The Morgan fingerprint density at radius 1 is 0.727 bits per heavy atom. The summed E-state index contributed by atoms with van der Waals surface area (Å²) in [5.74, 6) is 0.503. The number of rotatable bonds is 4. The van der Waals surface area contributed by atoms with Crippen molar-refractivity contribution in [2.45, 2.75) is 0 Å². The van der Waals surface area contributed by atoms with Gasteiger partial charge in [-0.2, -0.15) is 0 Å². The minimum absolute atomic E-state index is 0.503. The molecule has 0 saturated carbocycles. The molecular formula is C19H17N3. The molecule has 0 unspecified atom stereocenters. The van der Waals surface area contributed by atoms with Crippen LogP contribution in [0.4, 0.5) is 17.1 Å². The maximum atomic E-state index is 6.11. The maximum Gasteiger partial charge on any atom is 0.131 e. The lowest BCUT2D eigenvalue weighted by molar-refractivity contribution is 1.43. The predicted molar refractivity (Wildman–Crippen MR) is 93.0 cm³/mol. The van der Waals surface area contributed by atoms with Gasteiger partial charge in [-0.3, -0.25) is 0 Å². The molecule has 3 heteroatoms. The third-order valence-electron chi connectivity index (χ3n) is 3.27. The van der Waals surface area contributed by atoms with Crippen LogP contribution in [0.15, 0.2) is 89.9 Å². The number of amidine groups is 1. The SMILES string of the molecule is NC(=Nc1ccccc1Nc1ccccc1)c1ccccc1. The molecule has 3 N–H and O–H groups in total. The second-order valence-electron chi connectivity index (χ2n) is 4.87. The fraction of sp³-hybridized carbons (Fsp3) is 0. The third kappa shape index (κ3) is 3.33. The number of nitrogens with two attached hydrogens (primary N) is 1. The van der Waals surface area contributed by atoms with Gasteiger partial charge >= 0.3 is 0 Å². The number of nitrogens with zero attached hydrogens (tertiary/aromatic N) is 1. The van der Waals surface area contributed by atoms with Crippen molar-refractivity contribution in [3.8, 4) is 0 Å². The standard InChI is InChI=1S/C19H17N3/c20-19(15-9-3-1-4-10-15)22-18-14-8-7-13-17(18)21-16-11-5-2-6-12-16/h1-14,21H,(H2,20,22). The van der Waals surface area contributed by atoms with Crippen LogP contribution < -0.4 is 11.1 Å². The topological polar surface area (TPSA) is 50.4 Å². The number of nitrogens with one attached hydrogen (secondary N) is 1. The zero-order valence-corrected chi connectivity index (χ0v) is 12.1. The van der Waals surface area contributed by atoms with Gasteiger partial charge in [0.05, 0.1) is 11.4 Å². The molecule has 0 amide bonds. The number of benzene rings is 3. The van der Waals surface area contributed by atoms with Gasteiger partial charge in [-0.05, 0) is 24.3 Å². The van der Waals surface area contributed by atoms with E-state index >= 15 is 0 Å². The second-order valence-corrected chi connectivity index (χ2v) is 4.87. The fourth-order valence-corrected chi connectivity index (χ4v) is 2.16. The van der Waals surface area contributed by atoms with Gasteiger partial charge in [-0.15, -0.1) is 0 Å². The first kappa shape index (κ1) is 13.9. The summed E-state index contributed by atoms with van der Waals surface area (Å²) >= 11 is 0. The summed E-state index contributed by atoms with van der Waals surface area (Å²) in [6, 6.07) is 27.6. The molecule has 0 aromatic heterocycles. The van der Waals surface area contributed by atoms with Crippen LogP contribution >= 0.6 is 0 Å². The molecule has 3 aromatic carbocycles. The van der Waals surface area contributed by atoms with E-state index in [-0.39, 0.29) is 0 Å². The van der Waals surface area contributed by atoms with Crippen molar-refractivity contribution in [3.05, 3.63) is 90.5 Å². The summed E-state index contributed by atoms with van der Waals surface area (Å²) in [5, 5.41) is 3.37. The van der Waals surface area contributed by atoms with Crippen LogP contribution in [0.2, 0.25) is 0 Å². The summed E-state index contributed by atoms with van der Waals surface area (Å²) < 4.78 is 0. The first-order chi connectivity index (χ1) is 10.8. The third-order valence-corrected chi connectivity index (χ3v) is 3.27. The molecule has 0 saturated heterocycles. The normalized spacial score (nSPS) is 11.2. The molecule has 0 fully saturated rings. The first-order valence-corrected chi connectivity index (χ1v) is 7.13. The lowest BCUT2D eigenvalue weighted by Crippen LogP contribution is -2.12. The van der Waals surface area contributed by atoms with Crippen LogP contribution in [0, 0.1) is 0 Å². The van der Waals surface area contributed by atoms with E-state index in [0.717, 1.165) is 22.6 Å². The number of anilines is 2. The lowest BCUT2D eigenvalue weighted by atomic mass is 10.2. The Morgan fingerprint density at radius 3 is 2.05 bits per heavy atom. The molecule has 0 heterocycles. The fourth-order valence-electron chi connectivity index (χ4n) is 2.16. The van der Waals surface area contributed by atoms with Gasteiger partial charge in [-0.1, -0.05) is 60.7 Å². The van der Waals surface area contributed by atoms with Crippen molar-refractivity contribution in [1.29, 1.82) is 0 Å². The monoisotopic (exact) mass is 287 g/mol. The van der Waals surface area contributed by atoms with Crippen molar-refractivity contribution in [1.82, 2.24) is 0 Å². The zero-order chi connectivity index (χ0) is 15.2. The molecular weight excluding hydrogens is 270 g/mol. The van der Waals surface area contributed by atoms with E-state index in [4.69, 9.17) is 5.73 Å². The molecule has 0 atom stereocenters. The Hall–Kier alpha value is -3.07. The van der Waals surface area contributed by atoms with E-state index in [0.29, 0.717) is 5.84 Å². The Labute approximate surface area is 130 Å². The van der Waals surface area contributed by atoms with Crippen molar-refractivity contribution in [2.75, 3.05) is 5.32 Å². The molecule has 0 radical (unpaired) electrons. The summed E-state index contributed by atoms with van der Waals surface area (Å²) in [7, 11) is 0. The smallest absolute Gasteiger partial charge is 0.131 e. The molecule has 3 rings (SSSR count). The molecule has 3 nitrogen and oxygen atoms in total. The Bertz CT molecular complexity index is 765. The highest BCUT2D eigenvalue weighted by atomic mass is 14.9. The minimum Gasteiger partial charge on any atom is -0.383 e. The number of hydrogen-bond donors (Lipinski definition) is 2. The highest BCUT2D eigenvalue weighted by Gasteiger charge is 2.03. The second kappa shape index (κ2) is 6.59. The van der Waals surface area contributed by atoms with Crippen molar-refractivity contribution < 1.29 is 0 Å². The van der Waals surface area contributed by atoms with Gasteiger partial charge in [0, 0.05) is 11.3 Å². The van der Waals surface area contributed by atoms with E-state index in [2.05, 4.69) is 10.3 Å². The van der Waals surface area contributed by atoms with Gasteiger partial charge in [0.15, 0.2) is 0 Å². The highest BCUT2D eigenvalue weighted by Crippen LogP contribution is 2.27. The van der Waals surface area contributed by atoms with Crippen molar-refractivity contribution in [2.24, 2.45) is 10.7 Å². The number of para-hydroxylation sites is 3. The average molecular weight is 287 g/mol. The molecule has 3 aromatic rings. The minimum atomic E-state index is 0.503. The lowest BCUT2D eigenvalue weighted by Gasteiger charge is -2.10. The molecule has 0 aliphatic heterocycles. The van der Waals surface area contributed by atoms with Crippen molar-refractivity contribution in [3.63, 3.8) is 0 Å². The molecule has 0 aliphatic rings. The van der Waals surface area contributed by atoms with E-state index < -0.39 is 0 Å². The van der Waals surface area contributed by atoms with Crippen LogP contribution in [-0.4, -0.2) is 5.84 Å². The van der Waals surface area contributed by atoms with Crippen LogP contribution in [0.1, 0.15) is 5.56 Å². The molecule has 0 bridgehead atoms. The van der Waals surface area contributed by atoms with Gasteiger partial charge in [0.2, 0.25) is 0 Å². The van der Waals surface area contributed by atoms with Crippen LogP contribution in [0.3, 0.4) is 0 Å². The van der Waals surface area contributed by atoms with Crippen LogP contribution in [0.5, 0.6) is 0 Å². The summed E-state index contributed by atoms with van der Waals surface area (Å²) in [4.78, 5) is 4.56. The van der Waals surface area contributed by atoms with Gasteiger partial charge in [-0.25, -0.2) is 4.99 Å². The summed E-state index contributed by atoms with van der Waals surface area (Å²) in [6.07, 6.45) is 0. The van der Waals surface area contributed by atoms with Crippen LogP contribution in [0.25, 0.3) is 0 Å². The highest BCUT2D eigenvalue weighted by molar-refractivity contribution is 5.99. The van der Waals surface area contributed by atoms with Crippen molar-refractivity contribution >= 4 is 22.9 Å². The summed E-state index contributed by atoms with van der Waals surface area (Å²) in [5.41, 5.74) is 9.78. The largest absolute Gasteiger partial charge is 0.383 e. The maximum absolute atomic E-state index is 6.11. The Kier molecular flexibility index (Phi) is 4.16. The van der Waals surface area contributed by atoms with Gasteiger partial charge in [0.25, 0.3) is 0 Å². The first-order valence-electron chi connectivity index (χ1n) is 7.13. The summed E-state index contributed by atoms with van der Waals surface area (Å²) in [6.45, 7) is 0. The molecule has 0 aliphatic carbocycles. The van der Waals surface area contributed by atoms with Gasteiger partial charge in [0.1, 0.15) is 5.84 Å². The molecule has 108 valence electrons. The van der Waals surface area contributed by atoms with Crippen LogP contribution in [-0.2, 0) is 0 Å². The van der Waals surface area contributed by atoms with E-state index in [1.54, 1.807) is 0 Å². The Balaban J connectivity index is 1.92. The Morgan fingerprint density at radius 2 is 1.32 bits per heavy atom.